The first-order valence-electron chi connectivity index (χ1n) is 6.44. The number of aromatic nitrogens is 2. The van der Waals surface area contributed by atoms with Crippen LogP contribution in [-0.2, 0) is 0 Å². The Kier molecular flexibility index (Phi) is 3.15. The molecular formula is C16H16BrN2+. The minimum Gasteiger partial charge on any atom is -0.227 e. The highest BCUT2D eigenvalue weighted by Gasteiger charge is 2.18. The van der Waals surface area contributed by atoms with E-state index in [0.29, 0.717) is 6.04 Å². The summed E-state index contributed by atoms with van der Waals surface area (Å²) in [6.07, 6.45) is 2.18. The molecule has 0 atom stereocenters. The Balaban J connectivity index is 2.26. The zero-order valence-corrected chi connectivity index (χ0v) is 12.6. The van der Waals surface area contributed by atoms with Crippen LogP contribution in [0.5, 0.6) is 0 Å². The van der Waals surface area contributed by atoms with Crippen LogP contribution in [0.25, 0.3) is 16.7 Å². The lowest BCUT2D eigenvalue weighted by Crippen LogP contribution is -2.34. The number of hydrogen-bond donors (Lipinski definition) is 0. The van der Waals surface area contributed by atoms with Gasteiger partial charge >= 0.3 is 0 Å². The number of para-hydroxylation sites is 2. The number of nitrogens with zero attached hydrogens (tertiary/aromatic N) is 2. The summed E-state index contributed by atoms with van der Waals surface area (Å²) >= 11 is 3.48. The molecule has 0 amide bonds. The lowest BCUT2D eigenvalue weighted by atomic mass is 10.2. The molecule has 3 aromatic rings. The standard InChI is InChI=1S/C16H16BrN2/c1-12(2)18-11-19(14-9-7-13(17)8-10-14)16-6-4-3-5-15(16)18/h3-12H,1-2H3/q+1. The van der Waals surface area contributed by atoms with E-state index < -0.39 is 0 Å². The van der Waals surface area contributed by atoms with E-state index in [1.54, 1.807) is 0 Å². The van der Waals surface area contributed by atoms with Crippen LogP contribution < -0.4 is 4.57 Å². The van der Waals surface area contributed by atoms with E-state index in [9.17, 15) is 0 Å². The first-order chi connectivity index (χ1) is 9.16. The molecule has 0 aliphatic heterocycles. The second kappa shape index (κ2) is 4.82. The summed E-state index contributed by atoms with van der Waals surface area (Å²) in [6, 6.07) is 17.4. The molecule has 0 saturated heterocycles. The first kappa shape index (κ1) is 12.4. The van der Waals surface area contributed by atoms with E-state index in [2.05, 4.69) is 93.8 Å². The molecule has 0 aliphatic carbocycles. The van der Waals surface area contributed by atoms with Gasteiger partial charge in [0, 0.05) is 4.47 Å². The van der Waals surface area contributed by atoms with Crippen LogP contribution in [0.4, 0.5) is 0 Å². The molecule has 0 N–H and O–H groups in total. The Morgan fingerprint density at radius 2 is 1.68 bits per heavy atom. The van der Waals surface area contributed by atoms with E-state index in [1.807, 2.05) is 0 Å². The molecule has 0 aliphatic rings. The molecule has 0 fully saturated rings. The average Bonchev–Trinajstić information content (AvgIpc) is 2.79. The van der Waals surface area contributed by atoms with Crippen molar-refractivity contribution in [2.24, 2.45) is 0 Å². The molecule has 0 saturated carbocycles. The summed E-state index contributed by atoms with van der Waals surface area (Å²) < 4.78 is 5.64. The SMILES string of the molecule is CC(C)[n+]1cn(-c2ccc(Br)cc2)c2ccccc21. The molecule has 0 radical (unpaired) electrons. The van der Waals surface area contributed by atoms with Crippen molar-refractivity contribution in [2.75, 3.05) is 0 Å². The van der Waals surface area contributed by atoms with E-state index in [1.165, 1.54) is 16.7 Å². The van der Waals surface area contributed by atoms with Crippen LogP contribution in [0, 0.1) is 0 Å². The van der Waals surface area contributed by atoms with Crippen molar-refractivity contribution in [3.63, 3.8) is 0 Å². The summed E-state index contributed by atoms with van der Waals surface area (Å²) in [5, 5.41) is 0. The summed E-state index contributed by atoms with van der Waals surface area (Å²) in [5.74, 6) is 0. The lowest BCUT2D eigenvalue weighted by molar-refractivity contribution is -0.691. The van der Waals surface area contributed by atoms with Crippen LogP contribution in [0.1, 0.15) is 19.9 Å². The molecule has 2 aromatic carbocycles. The molecule has 0 unspecified atom stereocenters. The van der Waals surface area contributed by atoms with Gasteiger partial charge in [0.1, 0.15) is 5.69 Å². The minimum atomic E-state index is 0.446. The maximum atomic E-state index is 3.48. The third kappa shape index (κ3) is 2.19. The lowest BCUT2D eigenvalue weighted by Gasteiger charge is -1.99. The van der Waals surface area contributed by atoms with Gasteiger partial charge in [-0.15, -0.1) is 0 Å². The molecule has 0 bridgehead atoms. The van der Waals surface area contributed by atoms with Gasteiger partial charge in [0.15, 0.2) is 11.0 Å². The normalized spacial score (nSPS) is 11.4. The molecule has 0 spiro atoms. The molecule has 3 rings (SSSR count). The molecule has 96 valence electrons. The van der Waals surface area contributed by atoms with E-state index in [4.69, 9.17) is 0 Å². The number of benzene rings is 2. The second-order valence-electron chi connectivity index (χ2n) is 4.95. The van der Waals surface area contributed by atoms with Gasteiger partial charge in [-0.25, -0.2) is 4.57 Å². The summed E-state index contributed by atoms with van der Waals surface area (Å²) in [4.78, 5) is 0. The van der Waals surface area contributed by atoms with Gasteiger partial charge in [-0.3, -0.25) is 0 Å². The van der Waals surface area contributed by atoms with Crippen molar-refractivity contribution in [3.8, 4) is 5.69 Å². The highest BCUT2D eigenvalue weighted by molar-refractivity contribution is 9.10. The van der Waals surface area contributed by atoms with Crippen LogP contribution in [0.3, 0.4) is 0 Å². The highest BCUT2D eigenvalue weighted by atomic mass is 79.9. The Morgan fingerprint density at radius 3 is 2.37 bits per heavy atom. The fourth-order valence-electron chi connectivity index (χ4n) is 2.35. The van der Waals surface area contributed by atoms with Crippen molar-refractivity contribution in [1.29, 1.82) is 0 Å². The number of hydrogen-bond acceptors (Lipinski definition) is 0. The van der Waals surface area contributed by atoms with Gasteiger partial charge in [0.25, 0.3) is 0 Å². The predicted octanol–water partition coefficient (Wildman–Crippen LogP) is 4.26. The fraction of sp³-hybridized carbons (Fsp3) is 0.188. The Bertz CT molecular complexity index is 711. The zero-order chi connectivity index (χ0) is 13.4. The van der Waals surface area contributed by atoms with Gasteiger partial charge < -0.3 is 0 Å². The monoisotopic (exact) mass is 315 g/mol. The Hall–Kier alpha value is -1.61. The summed E-state index contributed by atoms with van der Waals surface area (Å²) in [6.45, 7) is 4.41. The van der Waals surface area contributed by atoms with Crippen molar-refractivity contribution < 1.29 is 4.57 Å². The first-order valence-corrected chi connectivity index (χ1v) is 7.23. The van der Waals surface area contributed by atoms with Crippen LogP contribution in [0.2, 0.25) is 0 Å². The third-order valence-corrected chi connectivity index (χ3v) is 3.85. The average molecular weight is 316 g/mol. The molecule has 1 aromatic heterocycles. The largest absolute Gasteiger partial charge is 0.250 e. The Morgan fingerprint density at radius 1 is 1.00 bits per heavy atom. The van der Waals surface area contributed by atoms with Gasteiger partial charge in [-0.2, -0.15) is 4.57 Å². The summed E-state index contributed by atoms with van der Waals surface area (Å²) in [7, 11) is 0. The van der Waals surface area contributed by atoms with Crippen LogP contribution in [0.15, 0.2) is 59.3 Å². The van der Waals surface area contributed by atoms with Crippen molar-refractivity contribution >= 4 is 27.0 Å². The molecular weight excluding hydrogens is 300 g/mol. The van der Waals surface area contributed by atoms with Gasteiger partial charge in [0.05, 0.1) is 6.04 Å². The van der Waals surface area contributed by atoms with Gasteiger partial charge in [-0.1, -0.05) is 28.1 Å². The topological polar surface area (TPSA) is 8.81 Å². The van der Waals surface area contributed by atoms with E-state index >= 15 is 0 Å². The van der Waals surface area contributed by atoms with Crippen molar-refractivity contribution in [3.05, 3.63) is 59.3 Å². The fourth-order valence-corrected chi connectivity index (χ4v) is 2.62. The van der Waals surface area contributed by atoms with E-state index in [-0.39, 0.29) is 0 Å². The zero-order valence-electron chi connectivity index (χ0n) is 11.0. The number of rotatable bonds is 2. The third-order valence-electron chi connectivity index (χ3n) is 3.32. The maximum absolute atomic E-state index is 3.48. The quantitative estimate of drug-likeness (QED) is 0.625. The summed E-state index contributed by atoms with van der Waals surface area (Å²) in [5.41, 5.74) is 3.68. The second-order valence-corrected chi connectivity index (χ2v) is 5.87. The molecule has 1 heterocycles. The Labute approximate surface area is 121 Å². The van der Waals surface area contributed by atoms with Gasteiger partial charge in [0.2, 0.25) is 6.33 Å². The minimum absolute atomic E-state index is 0.446. The smallest absolute Gasteiger partial charge is 0.227 e. The molecule has 3 heteroatoms. The van der Waals surface area contributed by atoms with Crippen LogP contribution in [-0.4, -0.2) is 4.57 Å². The molecule has 19 heavy (non-hydrogen) atoms. The van der Waals surface area contributed by atoms with Crippen LogP contribution >= 0.6 is 15.9 Å². The maximum Gasteiger partial charge on any atom is 0.250 e. The highest BCUT2D eigenvalue weighted by Crippen LogP contribution is 2.20. The number of imidazole rings is 1. The number of halogens is 1. The van der Waals surface area contributed by atoms with Crippen molar-refractivity contribution in [1.82, 2.24) is 4.57 Å². The van der Waals surface area contributed by atoms with E-state index in [0.717, 1.165) is 4.47 Å². The predicted molar refractivity (Wildman–Crippen MR) is 81.6 cm³/mol. The molecule has 2 nitrogen and oxygen atoms in total. The number of fused-ring (bicyclic) bond motifs is 1. The van der Waals surface area contributed by atoms with Crippen molar-refractivity contribution in [2.45, 2.75) is 19.9 Å². The van der Waals surface area contributed by atoms with Gasteiger partial charge in [-0.05, 0) is 50.2 Å².